The second-order valence-electron chi connectivity index (χ2n) is 5.14. The van der Waals surface area contributed by atoms with Crippen LogP contribution in [0.4, 0.5) is 0 Å². The molecule has 23 heavy (non-hydrogen) atoms. The quantitative estimate of drug-likeness (QED) is 0.912. The van der Waals surface area contributed by atoms with E-state index in [1.807, 2.05) is 17.5 Å². The Kier molecular flexibility index (Phi) is 4.73. The predicted molar refractivity (Wildman–Crippen MR) is 84.1 cm³/mol. The van der Waals surface area contributed by atoms with Crippen molar-refractivity contribution in [2.24, 2.45) is 0 Å². The number of thiophene rings is 1. The van der Waals surface area contributed by atoms with Gasteiger partial charge in [0.15, 0.2) is 17.8 Å². The molecule has 0 bridgehead atoms. The molecule has 1 unspecified atom stereocenters. The number of nitrogens with one attached hydrogen (secondary N) is 1. The highest BCUT2D eigenvalue weighted by Crippen LogP contribution is 2.27. The minimum Gasteiger partial charge on any atom is -0.442 e. The smallest absolute Gasteiger partial charge is 0.274 e. The van der Waals surface area contributed by atoms with Crippen LogP contribution >= 0.6 is 11.3 Å². The number of carbonyl (C=O) groups is 2. The third kappa shape index (κ3) is 3.43. The van der Waals surface area contributed by atoms with Gasteiger partial charge in [0.1, 0.15) is 6.04 Å². The van der Waals surface area contributed by atoms with Crippen LogP contribution in [0.3, 0.4) is 0 Å². The van der Waals surface area contributed by atoms with E-state index in [2.05, 4.69) is 10.3 Å². The van der Waals surface area contributed by atoms with Gasteiger partial charge in [-0.05, 0) is 18.4 Å². The predicted octanol–water partition coefficient (Wildman–Crippen LogP) is 1.38. The summed E-state index contributed by atoms with van der Waals surface area (Å²) < 4.78 is 10.5. The van der Waals surface area contributed by atoms with Gasteiger partial charge >= 0.3 is 0 Å². The van der Waals surface area contributed by atoms with E-state index >= 15 is 0 Å². The highest BCUT2D eigenvalue weighted by molar-refractivity contribution is 7.13. The molecule has 1 atom stereocenters. The highest BCUT2D eigenvalue weighted by Gasteiger charge is 2.26. The lowest BCUT2D eigenvalue weighted by Crippen LogP contribution is -2.50. The summed E-state index contributed by atoms with van der Waals surface area (Å²) >= 11 is 1.46. The van der Waals surface area contributed by atoms with E-state index in [9.17, 15) is 9.59 Å². The molecular weight excluding hydrogens is 318 g/mol. The van der Waals surface area contributed by atoms with E-state index in [0.29, 0.717) is 32.1 Å². The molecule has 0 spiro atoms. The molecule has 2 amide bonds. The number of ether oxygens (including phenoxy) is 1. The summed E-state index contributed by atoms with van der Waals surface area (Å²) in [5.41, 5.74) is 0.189. The number of carbonyl (C=O) groups excluding carboxylic acids is 2. The zero-order valence-corrected chi connectivity index (χ0v) is 13.5. The molecule has 1 aliphatic rings. The van der Waals surface area contributed by atoms with E-state index in [1.165, 1.54) is 17.7 Å². The van der Waals surface area contributed by atoms with Crippen molar-refractivity contribution in [3.05, 3.63) is 29.6 Å². The summed E-state index contributed by atoms with van der Waals surface area (Å²) in [7, 11) is 0. The average Bonchev–Trinajstić information content (AvgIpc) is 3.25. The summed E-state index contributed by atoms with van der Waals surface area (Å²) in [6.07, 6.45) is 1.23. The normalized spacial score (nSPS) is 16.1. The maximum atomic E-state index is 12.4. The summed E-state index contributed by atoms with van der Waals surface area (Å²) in [6.45, 7) is 3.81. The molecule has 0 radical (unpaired) electrons. The zero-order valence-electron chi connectivity index (χ0n) is 12.7. The number of amides is 2. The van der Waals surface area contributed by atoms with Crippen LogP contribution in [-0.4, -0.2) is 54.0 Å². The first kappa shape index (κ1) is 15.7. The third-order valence-corrected chi connectivity index (χ3v) is 4.44. The van der Waals surface area contributed by atoms with Gasteiger partial charge in [-0.2, -0.15) is 0 Å². The van der Waals surface area contributed by atoms with E-state index < -0.39 is 11.9 Å². The average molecular weight is 335 g/mol. The molecule has 2 aromatic rings. The van der Waals surface area contributed by atoms with Crippen molar-refractivity contribution in [1.29, 1.82) is 0 Å². The molecular formula is C15H17N3O4S. The molecule has 0 aromatic carbocycles. The molecule has 122 valence electrons. The van der Waals surface area contributed by atoms with Gasteiger partial charge in [-0.3, -0.25) is 9.59 Å². The molecule has 3 heterocycles. The number of aromatic nitrogens is 1. The lowest BCUT2D eigenvalue weighted by Gasteiger charge is -2.29. The fourth-order valence-electron chi connectivity index (χ4n) is 2.37. The second kappa shape index (κ2) is 6.93. The Hall–Kier alpha value is -2.19. The largest absolute Gasteiger partial charge is 0.442 e. The summed E-state index contributed by atoms with van der Waals surface area (Å²) in [6, 6.07) is 3.09. The molecule has 7 nitrogen and oxygen atoms in total. The maximum absolute atomic E-state index is 12.4. The molecule has 1 fully saturated rings. The number of morpholine rings is 1. The standard InChI is InChI=1S/C15H17N3O4S/c1-10(15(20)18-4-6-21-7-5-18)17-14(19)12-13(22-9-16-12)11-3-2-8-23-11/h2-3,8-10H,4-7H2,1H3,(H,17,19). The molecule has 3 rings (SSSR count). The van der Waals surface area contributed by atoms with Gasteiger partial charge in [0.05, 0.1) is 18.1 Å². The van der Waals surface area contributed by atoms with E-state index in [1.54, 1.807) is 11.8 Å². The number of hydrogen-bond donors (Lipinski definition) is 1. The Morgan fingerprint density at radius 2 is 2.17 bits per heavy atom. The van der Waals surface area contributed by atoms with Crippen LogP contribution in [0.15, 0.2) is 28.3 Å². The van der Waals surface area contributed by atoms with Gasteiger partial charge in [-0.1, -0.05) is 6.07 Å². The minimum absolute atomic E-state index is 0.122. The molecule has 1 aliphatic heterocycles. The number of oxazole rings is 1. The molecule has 2 aromatic heterocycles. The van der Waals surface area contributed by atoms with Crippen LogP contribution in [0.1, 0.15) is 17.4 Å². The molecule has 8 heteroatoms. The summed E-state index contributed by atoms with van der Waals surface area (Å²) in [5, 5.41) is 4.59. The second-order valence-corrected chi connectivity index (χ2v) is 6.09. The van der Waals surface area contributed by atoms with Crippen LogP contribution in [-0.2, 0) is 9.53 Å². The Balaban J connectivity index is 1.67. The molecule has 1 N–H and O–H groups in total. The highest BCUT2D eigenvalue weighted by atomic mass is 32.1. The first-order valence-electron chi connectivity index (χ1n) is 7.31. The number of hydrogen-bond acceptors (Lipinski definition) is 6. The van der Waals surface area contributed by atoms with Gasteiger partial charge in [0.2, 0.25) is 5.91 Å². The molecule has 0 saturated carbocycles. The van der Waals surface area contributed by atoms with Crippen LogP contribution in [0.5, 0.6) is 0 Å². The fraction of sp³-hybridized carbons (Fsp3) is 0.400. The van der Waals surface area contributed by atoms with Gasteiger partial charge in [-0.15, -0.1) is 11.3 Å². The van der Waals surface area contributed by atoms with Crippen molar-refractivity contribution in [3.63, 3.8) is 0 Å². The Labute approximate surface area is 137 Å². The zero-order chi connectivity index (χ0) is 16.2. The van der Waals surface area contributed by atoms with Gasteiger partial charge < -0.3 is 19.4 Å². The van der Waals surface area contributed by atoms with Crippen LogP contribution < -0.4 is 5.32 Å². The van der Waals surface area contributed by atoms with Crippen LogP contribution in [0, 0.1) is 0 Å². The summed E-state index contributed by atoms with van der Waals surface area (Å²) in [4.78, 5) is 31.2. The minimum atomic E-state index is -0.631. The topological polar surface area (TPSA) is 84.7 Å². The van der Waals surface area contributed by atoms with Crippen molar-refractivity contribution < 1.29 is 18.7 Å². The summed E-state index contributed by atoms with van der Waals surface area (Å²) in [5.74, 6) is -0.123. The van der Waals surface area contributed by atoms with Gasteiger partial charge in [0, 0.05) is 13.1 Å². The Bertz CT molecular complexity index is 677. The van der Waals surface area contributed by atoms with Crippen molar-refractivity contribution in [2.75, 3.05) is 26.3 Å². The van der Waals surface area contributed by atoms with Crippen molar-refractivity contribution >= 4 is 23.2 Å². The van der Waals surface area contributed by atoms with Crippen molar-refractivity contribution in [2.45, 2.75) is 13.0 Å². The molecule has 1 saturated heterocycles. The molecule has 0 aliphatic carbocycles. The van der Waals surface area contributed by atoms with Crippen molar-refractivity contribution in [3.8, 4) is 10.6 Å². The first-order valence-corrected chi connectivity index (χ1v) is 8.19. The maximum Gasteiger partial charge on any atom is 0.274 e. The van der Waals surface area contributed by atoms with E-state index in [-0.39, 0.29) is 11.6 Å². The third-order valence-electron chi connectivity index (χ3n) is 3.57. The van der Waals surface area contributed by atoms with Crippen molar-refractivity contribution in [1.82, 2.24) is 15.2 Å². The SMILES string of the molecule is CC(NC(=O)c1ncoc1-c1cccs1)C(=O)N1CCOCC1. The Morgan fingerprint density at radius 3 is 2.87 bits per heavy atom. The number of rotatable bonds is 4. The van der Waals surface area contributed by atoms with Gasteiger partial charge in [0.25, 0.3) is 5.91 Å². The fourth-order valence-corrected chi connectivity index (χ4v) is 3.09. The van der Waals surface area contributed by atoms with Gasteiger partial charge in [-0.25, -0.2) is 4.98 Å². The van der Waals surface area contributed by atoms with E-state index in [4.69, 9.17) is 9.15 Å². The van der Waals surface area contributed by atoms with Crippen LogP contribution in [0.25, 0.3) is 10.6 Å². The van der Waals surface area contributed by atoms with Crippen LogP contribution in [0.2, 0.25) is 0 Å². The Morgan fingerprint density at radius 1 is 1.39 bits per heavy atom. The monoisotopic (exact) mass is 335 g/mol. The lowest BCUT2D eigenvalue weighted by molar-refractivity contribution is -0.136. The number of nitrogens with zero attached hydrogens (tertiary/aromatic N) is 2. The first-order chi connectivity index (χ1) is 11.2. The lowest BCUT2D eigenvalue weighted by atomic mass is 10.2. The van der Waals surface area contributed by atoms with E-state index in [0.717, 1.165) is 4.88 Å².